The van der Waals surface area contributed by atoms with Gasteiger partial charge in [0.05, 0.1) is 31.0 Å². The molecule has 0 radical (unpaired) electrons. The third-order valence-electron chi connectivity index (χ3n) is 4.13. The van der Waals surface area contributed by atoms with E-state index in [1.807, 2.05) is 0 Å². The molecule has 0 saturated carbocycles. The molecule has 0 heterocycles. The maximum absolute atomic E-state index is 12.2. The lowest BCUT2D eigenvalue weighted by atomic mass is 10.1. The van der Waals surface area contributed by atoms with Gasteiger partial charge >= 0.3 is 17.9 Å². The zero-order valence-electron chi connectivity index (χ0n) is 18.2. The molecular weight excluding hydrogens is 430 g/mol. The average molecular weight is 453 g/mol. The van der Waals surface area contributed by atoms with Crippen LogP contribution in [0.25, 0.3) is 6.08 Å². The highest BCUT2D eigenvalue weighted by Crippen LogP contribution is 2.20. The van der Waals surface area contributed by atoms with E-state index in [4.69, 9.17) is 9.47 Å². The van der Waals surface area contributed by atoms with E-state index < -0.39 is 30.4 Å². The number of rotatable bonds is 10. The zero-order valence-corrected chi connectivity index (χ0v) is 18.2. The molecule has 0 aliphatic heterocycles. The molecule has 0 unspecified atom stereocenters. The molecule has 0 aliphatic carbocycles. The number of anilines is 1. The number of carbonyl (C=O) groups is 4. The van der Waals surface area contributed by atoms with Crippen molar-refractivity contribution >= 4 is 35.6 Å². The fourth-order valence-electron chi connectivity index (χ4n) is 2.55. The summed E-state index contributed by atoms with van der Waals surface area (Å²) in [6.45, 7) is 3.35. The first-order chi connectivity index (χ1) is 15.9. The van der Waals surface area contributed by atoms with Crippen LogP contribution in [0, 0.1) is 0 Å². The lowest BCUT2D eigenvalue weighted by Gasteiger charge is -2.11. The normalized spacial score (nSPS) is 10.2. The average Bonchev–Trinajstić information content (AvgIpc) is 2.84. The number of esters is 3. The first-order valence-corrected chi connectivity index (χ1v) is 9.67. The molecule has 0 aliphatic rings. The SMILES string of the molecule is C=CCOc1ccc(C=CC(=O)OCC(=O)Nc2cc(C(=O)OC)ccc2C(=O)OC)cc1. The molecule has 0 fully saturated rings. The standard InChI is InChI=1S/C24H23NO8/c1-4-13-32-18-9-5-16(6-10-18)7-12-22(27)33-15-21(26)25-20-14-17(23(28)30-2)8-11-19(20)24(29)31-3/h4-12,14H,1,13,15H2,2-3H3,(H,25,26). The molecule has 2 aromatic rings. The van der Waals surface area contributed by atoms with E-state index in [-0.39, 0.29) is 16.8 Å². The molecule has 0 saturated heterocycles. The van der Waals surface area contributed by atoms with Crippen molar-refractivity contribution in [3.8, 4) is 5.75 Å². The Bertz CT molecular complexity index is 1060. The van der Waals surface area contributed by atoms with E-state index in [0.717, 1.165) is 5.56 Å². The molecule has 0 bridgehead atoms. The summed E-state index contributed by atoms with van der Waals surface area (Å²) in [5, 5.41) is 2.43. The third-order valence-corrected chi connectivity index (χ3v) is 4.13. The number of nitrogens with one attached hydrogen (secondary N) is 1. The van der Waals surface area contributed by atoms with Crippen molar-refractivity contribution in [1.29, 1.82) is 0 Å². The van der Waals surface area contributed by atoms with Crippen molar-refractivity contribution in [1.82, 2.24) is 0 Å². The van der Waals surface area contributed by atoms with Gasteiger partial charge in [-0.1, -0.05) is 24.8 Å². The molecule has 33 heavy (non-hydrogen) atoms. The van der Waals surface area contributed by atoms with Crippen LogP contribution in [-0.4, -0.2) is 51.2 Å². The molecular formula is C24H23NO8. The Morgan fingerprint density at radius 3 is 2.30 bits per heavy atom. The Labute approximate surface area is 190 Å². The molecule has 0 atom stereocenters. The van der Waals surface area contributed by atoms with E-state index in [2.05, 4.69) is 21.4 Å². The van der Waals surface area contributed by atoms with Crippen molar-refractivity contribution < 1.29 is 38.1 Å². The minimum atomic E-state index is -0.742. The van der Waals surface area contributed by atoms with E-state index in [0.29, 0.717) is 12.4 Å². The van der Waals surface area contributed by atoms with Crippen molar-refractivity contribution in [2.75, 3.05) is 32.8 Å². The fourth-order valence-corrected chi connectivity index (χ4v) is 2.55. The number of ether oxygens (including phenoxy) is 4. The van der Waals surface area contributed by atoms with Gasteiger partial charge in [0, 0.05) is 6.08 Å². The molecule has 1 amide bonds. The predicted octanol–water partition coefficient (Wildman–Crippen LogP) is 3.02. The Balaban J connectivity index is 1.96. The highest BCUT2D eigenvalue weighted by atomic mass is 16.5. The van der Waals surface area contributed by atoms with Gasteiger partial charge < -0.3 is 24.3 Å². The Kier molecular flexibility index (Phi) is 9.38. The molecule has 0 aromatic heterocycles. The Morgan fingerprint density at radius 2 is 1.67 bits per heavy atom. The van der Waals surface area contributed by atoms with Crippen LogP contribution < -0.4 is 10.1 Å². The lowest BCUT2D eigenvalue weighted by Crippen LogP contribution is -2.22. The Hall–Kier alpha value is -4.40. The van der Waals surface area contributed by atoms with Crippen LogP contribution >= 0.6 is 0 Å². The van der Waals surface area contributed by atoms with Gasteiger partial charge in [0.2, 0.25) is 0 Å². The summed E-state index contributed by atoms with van der Waals surface area (Å²) in [5.74, 6) is -2.17. The van der Waals surface area contributed by atoms with Crippen LogP contribution in [-0.2, 0) is 23.8 Å². The Morgan fingerprint density at radius 1 is 0.970 bits per heavy atom. The van der Waals surface area contributed by atoms with E-state index in [1.54, 1.807) is 30.3 Å². The first-order valence-electron chi connectivity index (χ1n) is 9.67. The summed E-state index contributed by atoms with van der Waals surface area (Å²) >= 11 is 0. The van der Waals surface area contributed by atoms with E-state index in [9.17, 15) is 19.2 Å². The third kappa shape index (κ3) is 7.66. The number of benzene rings is 2. The number of amides is 1. The van der Waals surface area contributed by atoms with Gasteiger partial charge in [0.1, 0.15) is 12.4 Å². The summed E-state index contributed by atoms with van der Waals surface area (Å²) in [6, 6.07) is 10.9. The molecule has 0 spiro atoms. The van der Waals surface area contributed by atoms with Crippen LogP contribution in [0.2, 0.25) is 0 Å². The van der Waals surface area contributed by atoms with Crippen molar-refractivity contribution in [3.63, 3.8) is 0 Å². The number of methoxy groups -OCH3 is 2. The molecule has 9 nitrogen and oxygen atoms in total. The largest absolute Gasteiger partial charge is 0.490 e. The predicted molar refractivity (Wildman–Crippen MR) is 120 cm³/mol. The van der Waals surface area contributed by atoms with Gasteiger partial charge in [-0.05, 0) is 42.0 Å². The smallest absolute Gasteiger partial charge is 0.339 e. The minimum absolute atomic E-state index is 0.0140. The van der Waals surface area contributed by atoms with Crippen LogP contribution in [0.3, 0.4) is 0 Å². The highest BCUT2D eigenvalue weighted by Gasteiger charge is 2.17. The molecule has 2 rings (SSSR count). The van der Waals surface area contributed by atoms with Crippen molar-refractivity contribution in [2.45, 2.75) is 0 Å². The quantitative estimate of drug-likeness (QED) is 0.253. The summed E-state index contributed by atoms with van der Waals surface area (Å²) in [7, 11) is 2.38. The second-order valence-corrected chi connectivity index (χ2v) is 6.40. The van der Waals surface area contributed by atoms with Crippen LogP contribution in [0.5, 0.6) is 5.75 Å². The van der Waals surface area contributed by atoms with Gasteiger partial charge in [-0.2, -0.15) is 0 Å². The number of hydrogen-bond donors (Lipinski definition) is 1. The van der Waals surface area contributed by atoms with Crippen molar-refractivity contribution in [2.24, 2.45) is 0 Å². The summed E-state index contributed by atoms with van der Waals surface area (Å²) < 4.78 is 19.6. The molecule has 9 heteroatoms. The van der Waals surface area contributed by atoms with Gasteiger partial charge in [0.15, 0.2) is 6.61 Å². The monoisotopic (exact) mass is 453 g/mol. The van der Waals surface area contributed by atoms with Gasteiger partial charge in [0.25, 0.3) is 5.91 Å². The van der Waals surface area contributed by atoms with Crippen LogP contribution in [0.1, 0.15) is 26.3 Å². The summed E-state index contributed by atoms with van der Waals surface area (Å²) in [4.78, 5) is 47.8. The zero-order chi connectivity index (χ0) is 24.2. The van der Waals surface area contributed by atoms with E-state index in [1.165, 1.54) is 44.6 Å². The second-order valence-electron chi connectivity index (χ2n) is 6.40. The van der Waals surface area contributed by atoms with Gasteiger partial charge in [-0.3, -0.25) is 4.79 Å². The second kappa shape index (κ2) is 12.5. The molecule has 172 valence electrons. The van der Waals surface area contributed by atoms with Gasteiger partial charge in [-0.15, -0.1) is 0 Å². The fraction of sp³-hybridized carbons (Fsp3) is 0.167. The lowest BCUT2D eigenvalue weighted by molar-refractivity contribution is -0.142. The number of hydrogen-bond acceptors (Lipinski definition) is 8. The van der Waals surface area contributed by atoms with Gasteiger partial charge in [-0.25, -0.2) is 14.4 Å². The maximum atomic E-state index is 12.2. The summed E-state index contributed by atoms with van der Waals surface area (Å²) in [5.41, 5.74) is 0.872. The topological polar surface area (TPSA) is 117 Å². The van der Waals surface area contributed by atoms with Crippen molar-refractivity contribution in [3.05, 3.63) is 77.9 Å². The van der Waals surface area contributed by atoms with Crippen LogP contribution in [0.4, 0.5) is 5.69 Å². The summed E-state index contributed by atoms with van der Waals surface area (Å²) in [6.07, 6.45) is 4.32. The minimum Gasteiger partial charge on any atom is -0.490 e. The highest BCUT2D eigenvalue weighted by molar-refractivity contribution is 6.04. The maximum Gasteiger partial charge on any atom is 0.339 e. The molecule has 2 aromatic carbocycles. The number of carbonyl (C=O) groups excluding carboxylic acids is 4. The van der Waals surface area contributed by atoms with E-state index >= 15 is 0 Å². The van der Waals surface area contributed by atoms with Crippen LogP contribution in [0.15, 0.2) is 61.2 Å². The molecule has 1 N–H and O–H groups in total. The first kappa shape index (κ1) is 24.9.